The lowest BCUT2D eigenvalue weighted by Gasteiger charge is -2.06. The minimum atomic E-state index is -0.336. The van der Waals surface area contributed by atoms with Crippen LogP contribution in [0, 0.1) is 5.82 Å². The number of fused-ring (bicyclic) bond motifs is 1. The Labute approximate surface area is 139 Å². The van der Waals surface area contributed by atoms with Gasteiger partial charge < -0.3 is 5.32 Å². The highest BCUT2D eigenvalue weighted by Crippen LogP contribution is 2.28. The maximum Gasteiger partial charge on any atom is 0.230 e. The number of amides is 1. The molecule has 0 spiro atoms. The van der Waals surface area contributed by atoms with Crippen LogP contribution in [0.25, 0.3) is 10.2 Å². The molecule has 2 aromatic carbocycles. The number of nitrogens with one attached hydrogen (secondary N) is 1. The third kappa shape index (κ3) is 3.21. The molecule has 0 unspecified atom stereocenters. The van der Waals surface area contributed by atoms with Crippen molar-refractivity contribution < 1.29 is 9.18 Å². The Kier molecular flexibility index (Phi) is 4.29. The van der Waals surface area contributed by atoms with E-state index < -0.39 is 0 Å². The lowest BCUT2D eigenvalue weighted by atomic mass is 10.1. The van der Waals surface area contributed by atoms with E-state index >= 15 is 0 Å². The summed E-state index contributed by atoms with van der Waals surface area (Å²) in [6.07, 6.45) is 0.0444. The molecule has 1 aromatic heterocycles. The number of rotatable bonds is 3. The molecule has 3 rings (SSSR count). The Hall–Kier alpha value is -1.69. The molecule has 0 saturated heterocycles. The molecule has 112 valence electrons. The summed E-state index contributed by atoms with van der Waals surface area (Å²) in [6.45, 7) is 0. The number of aromatic nitrogens is 1. The van der Waals surface area contributed by atoms with Gasteiger partial charge >= 0.3 is 0 Å². The molecule has 7 heteroatoms. The number of carbonyl (C=O) groups is 1. The van der Waals surface area contributed by atoms with Crippen molar-refractivity contribution >= 4 is 55.8 Å². The molecular formula is C15H9Cl2FN2OS. The summed E-state index contributed by atoms with van der Waals surface area (Å²) in [5.41, 5.74) is 1.20. The van der Waals surface area contributed by atoms with Crippen LogP contribution in [-0.2, 0) is 11.2 Å². The van der Waals surface area contributed by atoms with Gasteiger partial charge in [-0.3, -0.25) is 4.79 Å². The molecule has 0 bridgehead atoms. The van der Waals surface area contributed by atoms with Gasteiger partial charge in [-0.1, -0.05) is 40.6 Å². The van der Waals surface area contributed by atoms with Gasteiger partial charge in [0, 0.05) is 10.0 Å². The first-order chi connectivity index (χ1) is 10.5. The number of thiazole rings is 1. The molecule has 0 aliphatic carbocycles. The number of hydrogen-bond donors (Lipinski definition) is 1. The first kappa shape index (κ1) is 15.2. The summed E-state index contributed by atoms with van der Waals surface area (Å²) in [7, 11) is 0. The monoisotopic (exact) mass is 354 g/mol. The fourth-order valence-electron chi connectivity index (χ4n) is 1.98. The van der Waals surface area contributed by atoms with E-state index in [-0.39, 0.29) is 18.1 Å². The maximum atomic E-state index is 13.1. The number of halogens is 3. The van der Waals surface area contributed by atoms with E-state index in [4.69, 9.17) is 23.2 Å². The van der Waals surface area contributed by atoms with Gasteiger partial charge in [0.15, 0.2) is 5.13 Å². The highest BCUT2D eigenvalue weighted by Gasteiger charge is 2.13. The van der Waals surface area contributed by atoms with Crippen molar-refractivity contribution in [2.24, 2.45) is 0 Å². The molecule has 3 nitrogen and oxygen atoms in total. The average Bonchev–Trinajstić information content (AvgIpc) is 2.84. The maximum absolute atomic E-state index is 13.1. The van der Waals surface area contributed by atoms with Gasteiger partial charge in [-0.15, -0.1) is 0 Å². The Morgan fingerprint density at radius 2 is 1.95 bits per heavy atom. The molecule has 0 atom stereocenters. The van der Waals surface area contributed by atoms with Crippen LogP contribution in [0.5, 0.6) is 0 Å². The predicted octanol–water partition coefficient (Wildman–Crippen LogP) is 4.92. The number of anilines is 1. The molecule has 1 amide bonds. The van der Waals surface area contributed by atoms with Gasteiger partial charge in [-0.05, 0) is 35.9 Å². The van der Waals surface area contributed by atoms with E-state index in [1.54, 1.807) is 24.3 Å². The van der Waals surface area contributed by atoms with E-state index in [9.17, 15) is 9.18 Å². The van der Waals surface area contributed by atoms with Gasteiger partial charge in [-0.25, -0.2) is 9.37 Å². The lowest BCUT2D eigenvalue weighted by molar-refractivity contribution is -0.115. The van der Waals surface area contributed by atoms with Crippen molar-refractivity contribution in [2.75, 3.05) is 5.32 Å². The lowest BCUT2D eigenvalue weighted by Crippen LogP contribution is -2.14. The zero-order chi connectivity index (χ0) is 15.7. The number of hydrogen-bond acceptors (Lipinski definition) is 3. The quantitative estimate of drug-likeness (QED) is 0.724. The normalized spacial score (nSPS) is 10.9. The standard InChI is InChI=1S/C15H9Cl2FN2OS/c16-10-2-1-3-11(17)9(10)7-14(21)20-15-19-12-5-4-8(18)6-13(12)22-15/h1-6H,7H2,(H,19,20,21). The number of benzene rings is 2. The summed E-state index contributed by atoms with van der Waals surface area (Å²) in [5, 5.41) is 3.97. The summed E-state index contributed by atoms with van der Waals surface area (Å²) in [5.74, 6) is -0.619. The van der Waals surface area contributed by atoms with E-state index in [0.717, 1.165) is 0 Å². The zero-order valence-electron chi connectivity index (χ0n) is 11.1. The van der Waals surface area contributed by atoms with Gasteiger partial charge in [0.1, 0.15) is 5.82 Å². The predicted molar refractivity (Wildman–Crippen MR) is 88.4 cm³/mol. The Balaban J connectivity index is 1.78. The zero-order valence-corrected chi connectivity index (χ0v) is 13.4. The average molecular weight is 355 g/mol. The van der Waals surface area contributed by atoms with E-state index in [2.05, 4.69) is 10.3 Å². The highest BCUT2D eigenvalue weighted by atomic mass is 35.5. The van der Waals surface area contributed by atoms with Crippen molar-refractivity contribution in [1.82, 2.24) is 4.98 Å². The van der Waals surface area contributed by atoms with Crippen LogP contribution in [-0.4, -0.2) is 10.9 Å². The summed E-state index contributed by atoms with van der Waals surface area (Å²) in [6, 6.07) is 9.35. The molecular weight excluding hydrogens is 346 g/mol. The summed E-state index contributed by atoms with van der Waals surface area (Å²) < 4.78 is 13.8. The molecule has 1 N–H and O–H groups in total. The van der Waals surface area contributed by atoms with Gasteiger partial charge in [0.25, 0.3) is 0 Å². The molecule has 0 aliphatic rings. The number of carbonyl (C=O) groups excluding carboxylic acids is 1. The van der Waals surface area contributed by atoms with Crippen molar-refractivity contribution in [3.05, 3.63) is 57.8 Å². The molecule has 3 aromatic rings. The fourth-order valence-corrected chi connectivity index (χ4v) is 3.42. The first-order valence-corrected chi connectivity index (χ1v) is 7.89. The molecule has 22 heavy (non-hydrogen) atoms. The van der Waals surface area contributed by atoms with Crippen LogP contribution in [0.3, 0.4) is 0 Å². The van der Waals surface area contributed by atoms with E-state index in [0.29, 0.717) is 31.0 Å². The molecule has 0 aliphatic heterocycles. The minimum absolute atomic E-state index is 0.0444. The Morgan fingerprint density at radius 1 is 1.23 bits per heavy atom. The smallest absolute Gasteiger partial charge is 0.230 e. The van der Waals surface area contributed by atoms with Crippen molar-refractivity contribution in [2.45, 2.75) is 6.42 Å². The van der Waals surface area contributed by atoms with Crippen LogP contribution in [0.1, 0.15) is 5.56 Å². The minimum Gasteiger partial charge on any atom is -0.302 e. The highest BCUT2D eigenvalue weighted by molar-refractivity contribution is 7.22. The largest absolute Gasteiger partial charge is 0.302 e. The SMILES string of the molecule is O=C(Cc1c(Cl)cccc1Cl)Nc1nc2ccc(F)cc2s1. The Morgan fingerprint density at radius 3 is 2.68 bits per heavy atom. The second-order valence-corrected chi connectivity index (χ2v) is 6.40. The van der Waals surface area contributed by atoms with Crippen LogP contribution < -0.4 is 5.32 Å². The van der Waals surface area contributed by atoms with Crippen LogP contribution in [0.15, 0.2) is 36.4 Å². The number of nitrogens with zero attached hydrogens (tertiary/aromatic N) is 1. The second kappa shape index (κ2) is 6.20. The summed E-state index contributed by atoms with van der Waals surface area (Å²) >= 11 is 13.3. The third-order valence-corrected chi connectivity index (χ3v) is 4.64. The van der Waals surface area contributed by atoms with Gasteiger partial charge in [0.05, 0.1) is 16.6 Å². The van der Waals surface area contributed by atoms with Gasteiger partial charge in [-0.2, -0.15) is 0 Å². The Bertz CT molecular complexity index is 846. The third-order valence-electron chi connectivity index (χ3n) is 3.00. The van der Waals surface area contributed by atoms with Crippen LogP contribution >= 0.6 is 34.5 Å². The fraction of sp³-hybridized carbons (Fsp3) is 0.0667. The van der Waals surface area contributed by atoms with Crippen molar-refractivity contribution in [3.63, 3.8) is 0 Å². The molecule has 0 saturated carbocycles. The molecule has 1 heterocycles. The second-order valence-electron chi connectivity index (χ2n) is 4.56. The van der Waals surface area contributed by atoms with Gasteiger partial charge in [0.2, 0.25) is 5.91 Å². The van der Waals surface area contributed by atoms with Crippen LogP contribution in [0.2, 0.25) is 10.0 Å². The van der Waals surface area contributed by atoms with Crippen molar-refractivity contribution in [1.29, 1.82) is 0 Å². The molecule has 0 fully saturated rings. The van der Waals surface area contributed by atoms with Crippen LogP contribution in [0.4, 0.5) is 9.52 Å². The van der Waals surface area contributed by atoms with Crippen molar-refractivity contribution in [3.8, 4) is 0 Å². The molecule has 0 radical (unpaired) electrons. The van der Waals surface area contributed by atoms with E-state index in [1.165, 1.54) is 23.5 Å². The first-order valence-electron chi connectivity index (χ1n) is 6.32. The van der Waals surface area contributed by atoms with E-state index in [1.807, 2.05) is 0 Å². The topological polar surface area (TPSA) is 42.0 Å². The summed E-state index contributed by atoms with van der Waals surface area (Å²) in [4.78, 5) is 16.3.